The van der Waals surface area contributed by atoms with Gasteiger partial charge in [-0.15, -0.1) is 0 Å². The Kier molecular flexibility index (Phi) is 6.31. The Morgan fingerprint density at radius 2 is 1.86 bits per heavy atom. The Hall–Kier alpha value is -2.59. The van der Waals surface area contributed by atoms with Crippen LogP contribution in [0.25, 0.3) is 0 Å². The molecule has 1 saturated heterocycles. The second kappa shape index (κ2) is 9.06. The number of carbonyl (C=O) groups is 2. The van der Waals surface area contributed by atoms with Crippen LogP contribution in [-0.4, -0.2) is 60.2 Å². The molecule has 1 heterocycles. The van der Waals surface area contributed by atoms with Gasteiger partial charge in [-0.2, -0.15) is 4.39 Å². The van der Waals surface area contributed by atoms with Gasteiger partial charge in [0.15, 0.2) is 0 Å². The minimum Gasteiger partial charge on any atom is -0.458 e. The molecule has 2 atom stereocenters. The van der Waals surface area contributed by atoms with Crippen molar-refractivity contribution in [3.8, 4) is 0 Å². The van der Waals surface area contributed by atoms with E-state index in [4.69, 9.17) is 14.2 Å². The predicted octanol–water partition coefficient (Wildman–Crippen LogP) is 3.73. The van der Waals surface area contributed by atoms with Gasteiger partial charge >= 0.3 is 17.6 Å². The molecule has 4 saturated carbocycles. The van der Waals surface area contributed by atoms with Crippen LogP contribution in [0.5, 0.6) is 0 Å². The summed E-state index contributed by atoms with van der Waals surface area (Å²) in [5, 5.41) is 11.0. The van der Waals surface area contributed by atoms with Crippen molar-refractivity contribution in [3.05, 3.63) is 39.7 Å². The third-order valence-corrected chi connectivity index (χ3v) is 8.41. The largest absolute Gasteiger partial charge is 0.458 e. The minimum atomic E-state index is -1.18. The number of esters is 2. The molecule has 9 nitrogen and oxygen atoms in total. The quantitative estimate of drug-likeness (QED) is 0.314. The van der Waals surface area contributed by atoms with E-state index < -0.39 is 33.0 Å². The van der Waals surface area contributed by atoms with Crippen molar-refractivity contribution in [1.29, 1.82) is 0 Å². The number of ether oxygens (including phenoxy) is 3. The summed E-state index contributed by atoms with van der Waals surface area (Å²) in [6, 6.07) is 3.57. The van der Waals surface area contributed by atoms with Crippen LogP contribution < -0.4 is 0 Å². The molecule has 5 aliphatic rings. The number of benzene rings is 1. The first-order chi connectivity index (χ1) is 17.0. The monoisotopic (exact) mass is 504 g/mol. The smallest absolute Gasteiger partial charge is 0.320 e. The molecule has 5 fully saturated rings. The SMILES string of the molecule is CC(C)(OC(=O)C12CC3CC(CC(OC(=O)CN4CCOCC4)(C3)C1)C2)c1ccc([N+](=O)[O-])c(F)c1. The van der Waals surface area contributed by atoms with Crippen LogP contribution >= 0.6 is 0 Å². The Morgan fingerprint density at radius 1 is 1.19 bits per heavy atom. The lowest BCUT2D eigenvalue weighted by Gasteiger charge is -2.60. The average molecular weight is 505 g/mol. The van der Waals surface area contributed by atoms with Gasteiger partial charge < -0.3 is 14.2 Å². The van der Waals surface area contributed by atoms with Gasteiger partial charge in [0.2, 0.25) is 5.82 Å². The topological polar surface area (TPSA) is 108 Å². The maximum Gasteiger partial charge on any atom is 0.320 e. The van der Waals surface area contributed by atoms with Crippen LogP contribution in [-0.2, 0) is 29.4 Å². The van der Waals surface area contributed by atoms with Crippen molar-refractivity contribution in [2.45, 2.75) is 63.6 Å². The van der Waals surface area contributed by atoms with Crippen LogP contribution in [0.1, 0.15) is 57.9 Å². The second-order valence-electron chi connectivity index (χ2n) is 11.6. The maximum atomic E-state index is 14.3. The van der Waals surface area contributed by atoms with E-state index in [0.717, 1.165) is 31.4 Å². The lowest BCUT2D eigenvalue weighted by Crippen LogP contribution is -2.60. The van der Waals surface area contributed by atoms with Crippen LogP contribution in [0.4, 0.5) is 10.1 Å². The zero-order valence-corrected chi connectivity index (χ0v) is 20.8. The predicted molar refractivity (Wildman–Crippen MR) is 125 cm³/mol. The van der Waals surface area contributed by atoms with Gasteiger partial charge in [-0.1, -0.05) is 0 Å². The number of hydrogen-bond donors (Lipinski definition) is 0. The summed E-state index contributed by atoms with van der Waals surface area (Å²) in [6.45, 7) is 6.13. The zero-order chi connectivity index (χ0) is 25.7. The Balaban J connectivity index is 1.31. The number of halogens is 1. The summed E-state index contributed by atoms with van der Waals surface area (Å²) < 4.78 is 31.8. The standard InChI is InChI=1S/C26H33FN2O7/c1-24(2,19-3-4-21(29(32)33)20(27)10-19)36-23(31)25-11-17-9-18(12-25)14-26(13-17,16-25)35-22(30)15-28-5-7-34-8-6-28/h3-4,10,17-18H,5-9,11-16H2,1-2H3. The van der Waals surface area contributed by atoms with Crippen LogP contribution in [0.15, 0.2) is 18.2 Å². The van der Waals surface area contributed by atoms with E-state index in [1.54, 1.807) is 13.8 Å². The fourth-order valence-corrected chi connectivity index (χ4v) is 7.18. The van der Waals surface area contributed by atoms with Gasteiger partial charge in [0.1, 0.15) is 11.2 Å². The molecule has 0 amide bonds. The minimum absolute atomic E-state index is 0.219. The van der Waals surface area contributed by atoms with E-state index in [-0.39, 0.29) is 30.3 Å². The summed E-state index contributed by atoms with van der Waals surface area (Å²) in [6.07, 6.45) is 4.38. The molecule has 1 aliphatic heterocycles. The first kappa shape index (κ1) is 25.1. The van der Waals surface area contributed by atoms with E-state index in [0.29, 0.717) is 51.1 Å². The molecular weight excluding hydrogens is 471 g/mol. The van der Waals surface area contributed by atoms with Crippen LogP contribution in [0, 0.1) is 33.2 Å². The van der Waals surface area contributed by atoms with Crippen molar-refractivity contribution < 1.29 is 33.1 Å². The van der Waals surface area contributed by atoms with Gasteiger partial charge in [0.25, 0.3) is 0 Å². The van der Waals surface area contributed by atoms with Crippen molar-refractivity contribution in [2.24, 2.45) is 17.3 Å². The fraction of sp³-hybridized carbons (Fsp3) is 0.692. The third-order valence-electron chi connectivity index (χ3n) is 8.41. The van der Waals surface area contributed by atoms with Crippen molar-refractivity contribution in [3.63, 3.8) is 0 Å². The second-order valence-corrected chi connectivity index (χ2v) is 11.6. The molecule has 2 unspecified atom stereocenters. The molecule has 36 heavy (non-hydrogen) atoms. The number of nitro groups is 1. The molecule has 6 rings (SSSR count). The van der Waals surface area contributed by atoms with Gasteiger partial charge in [-0.05, 0) is 75.5 Å². The number of hydrogen-bond acceptors (Lipinski definition) is 8. The van der Waals surface area contributed by atoms with E-state index in [1.807, 2.05) is 4.90 Å². The lowest BCUT2D eigenvalue weighted by atomic mass is 9.48. The highest BCUT2D eigenvalue weighted by atomic mass is 19.1. The summed E-state index contributed by atoms with van der Waals surface area (Å²) >= 11 is 0. The van der Waals surface area contributed by atoms with Crippen molar-refractivity contribution in [1.82, 2.24) is 4.90 Å². The first-order valence-electron chi connectivity index (χ1n) is 12.7. The molecule has 1 aromatic rings. The first-order valence-corrected chi connectivity index (χ1v) is 12.7. The molecular formula is C26H33FN2O7. The van der Waals surface area contributed by atoms with E-state index in [9.17, 15) is 24.1 Å². The fourth-order valence-electron chi connectivity index (χ4n) is 7.18. The number of nitrogens with zero attached hydrogens (tertiary/aromatic N) is 2. The molecule has 4 aliphatic carbocycles. The highest BCUT2D eigenvalue weighted by Crippen LogP contribution is 2.63. The lowest BCUT2D eigenvalue weighted by molar-refractivity contribution is -0.387. The highest BCUT2D eigenvalue weighted by Gasteiger charge is 2.63. The van der Waals surface area contributed by atoms with Gasteiger partial charge in [0, 0.05) is 25.6 Å². The molecule has 0 N–H and O–H groups in total. The Labute approximate surface area is 209 Å². The van der Waals surface area contributed by atoms with Crippen LogP contribution in [0.2, 0.25) is 0 Å². The molecule has 196 valence electrons. The zero-order valence-electron chi connectivity index (χ0n) is 20.8. The molecule has 1 aromatic carbocycles. The summed E-state index contributed by atoms with van der Waals surface area (Å²) in [4.78, 5) is 38.8. The maximum absolute atomic E-state index is 14.3. The highest BCUT2D eigenvalue weighted by molar-refractivity contribution is 5.79. The van der Waals surface area contributed by atoms with E-state index in [2.05, 4.69) is 0 Å². The van der Waals surface area contributed by atoms with Crippen molar-refractivity contribution >= 4 is 17.6 Å². The van der Waals surface area contributed by atoms with Crippen molar-refractivity contribution in [2.75, 3.05) is 32.8 Å². The Bertz CT molecular complexity index is 1050. The Morgan fingerprint density at radius 3 is 2.47 bits per heavy atom. The van der Waals surface area contributed by atoms with Gasteiger partial charge in [0.05, 0.1) is 30.1 Å². The van der Waals surface area contributed by atoms with Crippen LogP contribution in [0.3, 0.4) is 0 Å². The number of morpholine rings is 1. The molecule has 0 radical (unpaired) electrons. The molecule has 4 bridgehead atoms. The number of carbonyl (C=O) groups excluding carboxylic acids is 2. The number of nitro benzene ring substituents is 1. The third kappa shape index (κ3) is 4.72. The normalized spacial score (nSPS) is 31.8. The average Bonchev–Trinajstić information content (AvgIpc) is 2.77. The molecule has 0 aromatic heterocycles. The van der Waals surface area contributed by atoms with Gasteiger partial charge in [-0.3, -0.25) is 24.6 Å². The van der Waals surface area contributed by atoms with E-state index >= 15 is 0 Å². The summed E-state index contributed by atoms with van der Waals surface area (Å²) in [5.41, 5.74) is -2.87. The van der Waals surface area contributed by atoms with E-state index in [1.165, 1.54) is 6.07 Å². The number of rotatable bonds is 7. The molecule has 10 heteroatoms. The molecule has 0 spiro atoms. The summed E-state index contributed by atoms with van der Waals surface area (Å²) in [5.74, 6) is -1.02. The van der Waals surface area contributed by atoms with Gasteiger partial charge in [-0.25, -0.2) is 0 Å². The summed E-state index contributed by atoms with van der Waals surface area (Å²) in [7, 11) is 0.